The number of carbonyl (C=O) groups is 2. The van der Waals surface area contributed by atoms with Crippen LogP contribution in [-0.4, -0.2) is 22.8 Å². The molecular formula is C24H24Cl2O4. The molecule has 2 aromatic rings. The molecule has 2 aromatic carbocycles. The van der Waals surface area contributed by atoms with Gasteiger partial charge in [-0.3, -0.25) is 9.59 Å². The highest BCUT2D eigenvalue weighted by Crippen LogP contribution is 2.48. The predicted molar refractivity (Wildman–Crippen MR) is 117 cm³/mol. The molecule has 1 saturated heterocycles. The number of hydrogen-bond donors (Lipinski definition) is 0. The Morgan fingerprint density at radius 3 is 2.10 bits per heavy atom. The molecule has 0 spiro atoms. The number of benzene rings is 2. The summed E-state index contributed by atoms with van der Waals surface area (Å²) >= 11 is 12.2. The van der Waals surface area contributed by atoms with E-state index in [1.807, 2.05) is 12.1 Å². The lowest BCUT2D eigenvalue weighted by Gasteiger charge is -2.43. The maximum Gasteiger partial charge on any atom is 0.179 e. The van der Waals surface area contributed by atoms with Crippen molar-refractivity contribution in [2.45, 2.75) is 63.6 Å². The number of ketones is 2. The molecule has 1 aliphatic carbocycles. The van der Waals surface area contributed by atoms with Gasteiger partial charge in [0, 0.05) is 5.02 Å². The summed E-state index contributed by atoms with van der Waals surface area (Å²) in [6, 6.07) is 10.6. The fourth-order valence-corrected chi connectivity index (χ4v) is 4.60. The van der Waals surface area contributed by atoms with Gasteiger partial charge in [0.05, 0.1) is 5.02 Å². The molecular weight excluding hydrogens is 423 g/mol. The van der Waals surface area contributed by atoms with Gasteiger partial charge in [-0.05, 0) is 87.9 Å². The zero-order valence-electron chi connectivity index (χ0n) is 17.4. The van der Waals surface area contributed by atoms with Gasteiger partial charge >= 0.3 is 0 Å². The van der Waals surface area contributed by atoms with Crippen molar-refractivity contribution in [1.29, 1.82) is 0 Å². The van der Waals surface area contributed by atoms with E-state index in [2.05, 4.69) is 0 Å². The highest BCUT2D eigenvalue weighted by atomic mass is 35.5. The topological polar surface area (TPSA) is 52.6 Å². The Labute approximate surface area is 186 Å². The van der Waals surface area contributed by atoms with Crippen molar-refractivity contribution in [2.75, 3.05) is 0 Å². The molecule has 30 heavy (non-hydrogen) atoms. The number of carbonyl (C=O) groups excluding carboxylic acids is 2. The van der Waals surface area contributed by atoms with E-state index in [4.69, 9.17) is 32.7 Å². The number of rotatable bonds is 4. The second-order valence-electron chi connectivity index (χ2n) is 9.03. The minimum atomic E-state index is -1.06. The van der Waals surface area contributed by atoms with Gasteiger partial charge in [0.15, 0.2) is 11.6 Å². The largest absolute Gasteiger partial charge is 0.456 e. The van der Waals surface area contributed by atoms with E-state index in [0.29, 0.717) is 33.0 Å². The van der Waals surface area contributed by atoms with Crippen LogP contribution in [-0.2, 0) is 14.3 Å². The van der Waals surface area contributed by atoms with E-state index in [0.717, 1.165) is 18.4 Å². The smallest absolute Gasteiger partial charge is 0.179 e. The Kier molecular flexibility index (Phi) is 5.24. The van der Waals surface area contributed by atoms with Gasteiger partial charge in [-0.1, -0.05) is 29.3 Å². The molecule has 2 fully saturated rings. The molecule has 1 saturated carbocycles. The average molecular weight is 447 g/mol. The van der Waals surface area contributed by atoms with Crippen LogP contribution >= 0.6 is 23.2 Å². The van der Waals surface area contributed by atoms with E-state index in [1.54, 1.807) is 52.0 Å². The third kappa shape index (κ3) is 3.89. The Hall–Kier alpha value is -1.88. The van der Waals surface area contributed by atoms with Crippen LogP contribution in [0.2, 0.25) is 10.0 Å². The molecule has 0 amide bonds. The lowest BCUT2D eigenvalue weighted by atomic mass is 9.73. The third-order valence-electron chi connectivity index (χ3n) is 5.73. The first-order valence-corrected chi connectivity index (χ1v) is 10.8. The summed E-state index contributed by atoms with van der Waals surface area (Å²) in [6.45, 7) is 6.89. The Balaban J connectivity index is 1.78. The molecule has 158 valence electrons. The van der Waals surface area contributed by atoms with Gasteiger partial charge in [0.2, 0.25) is 0 Å². The zero-order valence-corrected chi connectivity index (χ0v) is 18.9. The van der Waals surface area contributed by atoms with Crippen LogP contribution in [0.15, 0.2) is 36.4 Å². The lowest BCUT2D eigenvalue weighted by molar-refractivity contribution is -0.184. The quantitative estimate of drug-likeness (QED) is 0.504. The van der Waals surface area contributed by atoms with Gasteiger partial charge in [0.25, 0.3) is 0 Å². The van der Waals surface area contributed by atoms with Crippen LogP contribution < -0.4 is 4.74 Å². The molecule has 0 aromatic heterocycles. The van der Waals surface area contributed by atoms with Gasteiger partial charge in [0.1, 0.15) is 28.6 Å². The first-order chi connectivity index (χ1) is 14.0. The Morgan fingerprint density at radius 2 is 1.53 bits per heavy atom. The van der Waals surface area contributed by atoms with Crippen LogP contribution in [0.4, 0.5) is 0 Å². The molecule has 2 aliphatic rings. The van der Waals surface area contributed by atoms with Crippen molar-refractivity contribution >= 4 is 34.8 Å². The molecule has 0 N–H and O–H groups in total. The van der Waals surface area contributed by atoms with Crippen molar-refractivity contribution in [3.8, 4) is 11.5 Å². The van der Waals surface area contributed by atoms with E-state index in [9.17, 15) is 9.59 Å². The Morgan fingerprint density at radius 1 is 0.900 bits per heavy atom. The fourth-order valence-electron chi connectivity index (χ4n) is 4.15. The molecule has 0 bridgehead atoms. The minimum Gasteiger partial charge on any atom is -0.456 e. The number of ether oxygens (including phenoxy) is 2. The lowest BCUT2D eigenvalue weighted by Crippen LogP contribution is -2.58. The number of hydrogen-bond acceptors (Lipinski definition) is 4. The maximum atomic E-state index is 13.3. The van der Waals surface area contributed by atoms with Crippen molar-refractivity contribution < 1.29 is 19.1 Å². The van der Waals surface area contributed by atoms with E-state index >= 15 is 0 Å². The molecule has 6 heteroatoms. The van der Waals surface area contributed by atoms with E-state index in [1.165, 1.54) is 0 Å². The first-order valence-electron chi connectivity index (χ1n) is 10.0. The van der Waals surface area contributed by atoms with Gasteiger partial charge < -0.3 is 9.47 Å². The second-order valence-corrected chi connectivity index (χ2v) is 9.87. The summed E-state index contributed by atoms with van der Waals surface area (Å²) in [5, 5.41) is 0.899. The number of Topliss-reactive ketones (excluding diaryl/α,β-unsaturated/α-hetero) is 2. The van der Waals surface area contributed by atoms with Crippen molar-refractivity contribution in [3.05, 3.63) is 57.6 Å². The monoisotopic (exact) mass is 446 g/mol. The SMILES string of the molecule is CC1(C)OC(C)(C)C(=O)C(c2cc(Oc3ccc(Cl)cc3Cl)ccc2C2CC2)C1=O. The Bertz CT molecular complexity index is 1010. The molecule has 0 atom stereocenters. The molecule has 4 rings (SSSR count). The normalized spacial score (nSPS) is 21.0. The molecule has 0 unspecified atom stereocenters. The maximum absolute atomic E-state index is 13.3. The summed E-state index contributed by atoms with van der Waals surface area (Å²) in [5.74, 6) is -0.00460. The van der Waals surface area contributed by atoms with Crippen LogP contribution in [0.3, 0.4) is 0 Å². The zero-order chi connectivity index (χ0) is 21.8. The first kappa shape index (κ1) is 21.4. The van der Waals surface area contributed by atoms with E-state index in [-0.39, 0.29) is 11.6 Å². The highest BCUT2D eigenvalue weighted by Gasteiger charge is 2.53. The van der Waals surface area contributed by atoms with E-state index < -0.39 is 17.1 Å². The van der Waals surface area contributed by atoms with Crippen LogP contribution in [0.25, 0.3) is 0 Å². The van der Waals surface area contributed by atoms with Gasteiger partial charge in [-0.25, -0.2) is 0 Å². The third-order valence-corrected chi connectivity index (χ3v) is 6.26. The molecule has 1 aliphatic heterocycles. The minimum absolute atomic E-state index is 0.226. The summed E-state index contributed by atoms with van der Waals surface area (Å²) < 4.78 is 11.8. The van der Waals surface area contributed by atoms with Crippen molar-refractivity contribution in [1.82, 2.24) is 0 Å². The van der Waals surface area contributed by atoms with Crippen LogP contribution in [0.5, 0.6) is 11.5 Å². The van der Waals surface area contributed by atoms with Gasteiger partial charge in [-0.2, -0.15) is 0 Å². The van der Waals surface area contributed by atoms with Crippen molar-refractivity contribution in [3.63, 3.8) is 0 Å². The second kappa shape index (κ2) is 7.37. The predicted octanol–water partition coefficient (Wildman–Crippen LogP) is 6.47. The summed E-state index contributed by atoms with van der Waals surface area (Å²) in [6.07, 6.45) is 2.10. The standard InChI is InChI=1S/C24H24Cl2O4/c1-23(2)21(27)20(22(28)24(3,4)30-23)17-12-15(8-9-16(17)13-5-6-13)29-19-10-7-14(25)11-18(19)26/h7-13,20H,5-6H2,1-4H3. The molecule has 1 heterocycles. The fraction of sp³-hybridized carbons (Fsp3) is 0.417. The van der Waals surface area contributed by atoms with Crippen LogP contribution in [0.1, 0.15) is 63.5 Å². The summed E-state index contributed by atoms with van der Waals surface area (Å²) in [4.78, 5) is 26.6. The average Bonchev–Trinajstić information content (AvgIpc) is 3.47. The van der Waals surface area contributed by atoms with Gasteiger partial charge in [-0.15, -0.1) is 0 Å². The number of halogens is 2. The van der Waals surface area contributed by atoms with Crippen LogP contribution in [0, 0.1) is 0 Å². The summed E-state index contributed by atoms with van der Waals surface area (Å²) in [5.41, 5.74) is -0.373. The molecule has 0 radical (unpaired) electrons. The highest BCUT2D eigenvalue weighted by molar-refractivity contribution is 6.35. The van der Waals surface area contributed by atoms with Crippen molar-refractivity contribution in [2.24, 2.45) is 0 Å². The molecule has 4 nitrogen and oxygen atoms in total. The summed E-state index contributed by atoms with van der Waals surface area (Å²) in [7, 11) is 0.